The number of carbonyl (C=O) groups is 1. The number of hydrogen-bond acceptors (Lipinski definition) is 7. The predicted molar refractivity (Wildman–Crippen MR) is 102 cm³/mol. The highest BCUT2D eigenvalue weighted by Gasteiger charge is 2.16. The van der Waals surface area contributed by atoms with Crippen LogP contribution in [0.15, 0.2) is 29.1 Å². The van der Waals surface area contributed by atoms with Gasteiger partial charge in [-0.2, -0.15) is 0 Å². The highest BCUT2D eigenvalue weighted by molar-refractivity contribution is 7.20. The van der Waals surface area contributed by atoms with Gasteiger partial charge in [0.25, 0.3) is 5.91 Å². The molecule has 136 valence electrons. The normalized spacial score (nSPS) is 17.3. The molecular weight excluding hydrogens is 368 g/mol. The Bertz CT molecular complexity index is 850. The van der Waals surface area contributed by atoms with Crippen LogP contribution in [0, 0.1) is 5.92 Å². The van der Waals surface area contributed by atoms with E-state index in [1.54, 1.807) is 33.6 Å². The number of nitrogens with zero attached hydrogens (tertiary/aromatic N) is 4. The van der Waals surface area contributed by atoms with Crippen molar-refractivity contribution in [3.05, 3.63) is 40.5 Å². The van der Waals surface area contributed by atoms with Gasteiger partial charge in [-0.25, -0.2) is 4.98 Å². The van der Waals surface area contributed by atoms with Crippen molar-refractivity contribution < 1.29 is 4.79 Å². The number of rotatable bonds is 6. The molecule has 1 saturated heterocycles. The Hall–Kier alpha value is -2.10. The van der Waals surface area contributed by atoms with E-state index in [-0.39, 0.29) is 5.91 Å². The van der Waals surface area contributed by atoms with Crippen molar-refractivity contribution >= 4 is 28.6 Å². The van der Waals surface area contributed by atoms with E-state index < -0.39 is 0 Å². The second kappa shape index (κ2) is 8.07. The molecule has 3 aromatic rings. The molecule has 0 unspecified atom stereocenters. The number of thiazole rings is 1. The Balaban J connectivity index is 1.31. The lowest BCUT2D eigenvalue weighted by molar-refractivity contribution is 0.0945. The van der Waals surface area contributed by atoms with Gasteiger partial charge in [0, 0.05) is 11.9 Å². The summed E-state index contributed by atoms with van der Waals surface area (Å²) in [5.41, 5.74) is 1.20. The summed E-state index contributed by atoms with van der Waals surface area (Å²) in [6.07, 6.45) is 4.10. The van der Waals surface area contributed by atoms with Gasteiger partial charge in [-0.3, -0.25) is 9.48 Å². The molecule has 3 aromatic heterocycles. The molecule has 1 amide bonds. The number of nitrogens with one attached hydrogen (secondary N) is 2. The number of hydrogen-bond donors (Lipinski definition) is 2. The third kappa shape index (κ3) is 4.17. The highest BCUT2D eigenvalue weighted by atomic mass is 32.1. The van der Waals surface area contributed by atoms with Gasteiger partial charge in [-0.05, 0) is 43.3 Å². The number of piperidine rings is 1. The lowest BCUT2D eigenvalue weighted by Gasteiger charge is -2.22. The smallest absolute Gasteiger partial charge is 0.273 e. The van der Waals surface area contributed by atoms with Crippen molar-refractivity contribution in [3.63, 3.8) is 0 Å². The van der Waals surface area contributed by atoms with E-state index in [0.717, 1.165) is 35.2 Å². The molecule has 1 aliphatic heterocycles. The molecular formula is C17H20N6OS2. The molecule has 1 atom stereocenters. The van der Waals surface area contributed by atoms with E-state index in [1.165, 1.54) is 12.8 Å². The Kier molecular flexibility index (Phi) is 5.37. The van der Waals surface area contributed by atoms with Gasteiger partial charge < -0.3 is 10.6 Å². The SMILES string of the molecule is O=C(NCc1csc(-c2cccs2)n1)c1cn(C[C@@H]2CCCNC2)nn1. The van der Waals surface area contributed by atoms with Crippen molar-refractivity contribution in [2.75, 3.05) is 13.1 Å². The Labute approximate surface area is 159 Å². The lowest BCUT2D eigenvalue weighted by Crippen LogP contribution is -2.32. The average molecular weight is 389 g/mol. The first-order valence-electron chi connectivity index (χ1n) is 8.65. The van der Waals surface area contributed by atoms with Crippen LogP contribution in [0.5, 0.6) is 0 Å². The summed E-state index contributed by atoms with van der Waals surface area (Å²) >= 11 is 3.25. The van der Waals surface area contributed by atoms with E-state index in [9.17, 15) is 4.79 Å². The minimum Gasteiger partial charge on any atom is -0.345 e. The van der Waals surface area contributed by atoms with Gasteiger partial charge in [0.2, 0.25) is 0 Å². The van der Waals surface area contributed by atoms with Crippen LogP contribution in [0.1, 0.15) is 29.0 Å². The van der Waals surface area contributed by atoms with Crippen molar-refractivity contribution in [2.45, 2.75) is 25.9 Å². The molecule has 0 spiro atoms. The molecule has 1 aliphatic rings. The largest absolute Gasteiger partial charge is 0.345 e. The van der Waals surface area contributed by atoms with Crippen LogP contribution in [0.3, 0.4) is 0 Å². The maximum Gasteiger partial charge on any atom is 0.273 e. The summed E-state index contributed by atoms with van der Waals surface area (Å²) in [6, 6.07) is 4.06. The molecule has 0 radical (unpaired) electrons. The van der Waals surface area contributed by atoms with Crippen molar-refractivity contribution in [1.29, 1.82) is 0 Å². The van der Waals surface area contributed by atoms with Gasteiger partial charge in [-0.15, -0.1) is 27.8 Å². The van der Waals surface area contributed by atoms with Crippen molar-refractivity contribution in [3.8, 4) is 9.88 Å². The highest BCUT2D eigenvalue weighted by Crippen LogP contribution is 2.27. The second-order valence-electron chi connectivity index (χ2n) is 6.34. The van der Waals surface area contributed by atoms with Gasteiger partial charge in [0.05, 0.1) is 23.3 Å². The third-order valence-electron chi connectivity index (χ3n) is 4.33. The minimum atomic E-state index is -0.219. The maximum atomic E-state index is 12.3. The lowest BCUT2D eigenvalue weighted by atomic mass is 10.00. The van der Waals surface area contributed by atoms with E-state index in [0.29, 0.717) is 18.2 Å². The molecule has 2 N–H and O–H groups in total. The fraction of sp³-hybridized carbons (Fsp3) is 0.412. The molecule has 7 nitrogen and oxygen atoms in total. The second-order valence-corrected chi connectivity index (χ2v) is 8.15. The van der Waals surface area contributed by atoms with Crippen molar-refractivity contribution in [1.82, 2.24) is 30.6 Å². The summed E-state index contributed by atoms with van der Waals surface area (Å²) in [7, 11) is 0. The summed E-state index contributed by atoms with van der Waals surface area (Å²) in [4.78, 5) is 18.0. The summed E-state index contributed by atoms with van der Waals surface area (Å²) in [5.74, 6) is 0.329. The Morgan fingerprint density at radius 2 is 2.38 bits per heavy atom. The molecule has 4 rings (SSSR count). The number of amides is 1. The molecule has 0 aliphatic carbocycles. The van der Waals surface area contributed by atoms with E-state index in [1.807, 2.05) is 22.9 Å². The average Bonchev–Trinajstić information content (AvgIpc) is 3.41. The molecule has 9 heteroatoms. The Morgan fingerprint density at radius 1 is 1.42 bits per heavy atom. The standard InChI is InChI=1S/C17H20N6OS2/c24-16(14-10-23(22-21-14)9-12-3-1-5-18-7-12)19-8-13-11-26-17(20-13)15-4-2-6-25-15/h2,4,6,10-12,18H,1,3,5,7-9H2,(H,19,24)/t12-/m1/s1. The van der Waals surface area contributed by atoms with E-state index >= 15 is 0 Å². The van der Waals surface area contributed by atoms with Gasteiger partial charge in [0.15, 0.2) is 5.69 Å². The number of thiophene rings is 1. The first-order valence-corrected chi connectivity index (χ1v) is 10.4. The van der Waals surface area contributed by atoms with Crippen LogP contribution in [0.2, 0.25) is 0 Å². The minimum absolute atomic E-state index is 0.219. The fourth-order valence-electron chi connectivity index (χ4n) is 3.00. The molecule has 1 fully saturated rings. The molecule has 0 bridgehead atoms. The molecule has 0 saturated carbocycles. The fourth-order valence-corrected chi connectivity index (χ4v) is 4.63. The van der Waals surface area contributed by atoms with Gasteiger partial charge in [-0.1, -0.05) is 11.3 Å². The van der Waals surface area contributed by atoms with Crippen LogP contribution >= 0.6 is 22.7 Å². The van der Waals surface area contributed by atoms with Crippen LogP contribution < -0.4 is 10.6 Å². The van der Waals surface area contributed by atoms with Crippen LogP contribution in [-0.4, -0.2) is 39.0 Å². The number of carbonyl (C=O) groups excluding carboxylic acids is 1. The first kappa shape index (κ1) is 17.3. The predicted octanol–water partition coefficient (Wildman–Crippen LogP) is 2.39. The zero-order valence-corrected chi connectivity index (χ0v) is 15.9. The topological polar surface area (TPSA) is 84.7 Å². The number of aromatic nitrogens is 4. The van der Waals surface area contributed by atoms with Crippen molar-refractivity contribution in [2.24, 2.45) is 5.92 Å². The molecule has 0 aromatic carbocycles. The third-order valence-corrected chi connectivity index (χ3v) is 6.26. The maximum absolute atomic E-state index is 12.3. The quantitative estimate of drug-likeness (QED) is 0.677. The Morgan fingerprint density at radius 3 is 3.19 bits per heavy atom. The van der Waals surface area contributed by atoms with Crippen LogP contribution in [-0.2, 0) is 13.1 Å². The van der Waals surface area contributed by atoms with Gasteiger partial charge in [0.1, 0.15) is 5.01 Å². The van der Waals surface area contributed by atoms with Crippen LogP contribution in [0.25, 0.3) is 9.88 Å². The zero-order valence-electron chi connectivity index (χ0n) is 14.2. The van der Waals surface area contributed by atoms with Gasteiger partial charge >= 0.3 is 0 Å². The summed E-state index contributed by atoms with van der Waals surface area (Å²) in [6.45, 7) is 3.27. The zero-order chi connectivity index (χ0) is 17.8. The summed E-state index contributed by atoms with van der Waals surface area (Å²) < 4.78 is 1.77. The first-order chi connectivity index (χ1) is 12.8. The molecule has 26 heavy (non-hydrogen) atoms. The van der Waals surface area contributed by atoms with E-state index in [2.05, 4.69) is 25.9 Å². The monoisotopic (exact) mass is 388 g/mol. The molecule has 4 heterocycles. The van der Waals surface area contributed by atoms with Crippen LogP contribution in [0.4, 0.5) is 0 Å². The van der Waals surface area contributed by atoms with E-state index in [4.69, 9.17) is 0 Å². The summed E-state index contributed by atoms with van der Waals surface area (Å²) in [5, 5.41) is 19.3.